The highest BCUT2D eigenvalue weighted by Gasteiger charge is 2.29. The fourth-order valence-electron chi connectivity index (χ4n) is 3.60. The first-order chi connectivity index (χ1) is 10.3. The van der Waals surface area contributed by atoms with Gasteiger partial charge in [-0.1, -0.05) is 32.4 Å². The van der Waals surface area contributed by atoms with Crippen molar-refractivity contribution in [3.8, 4) is 5.75 Å². The Morgan fingerprint density at radius 1 is 1.10 bits per heavy atom. The first kappa shape index (κ1) is 14.9. The van der Waals surface area contributed by atoms with Gasteiger partial charge in [0.25, 0.3) is 0 Å². The zero-order valence-electron chi connectivity index (χ0n) is 13.5. The molecule has 0 aliphatic heterocycles. The summed E-state index contributed by atoms with van der Waals surface area (Å²) in [6, 6.07) is 8.97. The van der Waals surface area contributed by atoms with Gasteiger partial charge in [-0.3, -0.25) is 0 Å². The molecule has 1 N–H and O–H groups in total. The van der Waals surface area contributed by atoms with Gasteiger partial charge in [0.2, 0.25) is 0 Å². The number of nitrogens with one attached hydrogen (secondary N) is 1. The molecule has 2 heteroatoms. The fourth-order valence-corrected chi connectivity index (χ4v) is 3.60. The first-order valence-corrected chi connectivity index (χ1v) is 8.73. The van der Waals surface area contributed by atoms with Crippen LogP contribution in [0.1, 0.15) is 57.4 Å². The molecule has 1 aromatic carbocycles. The maximum absolute atomic E-state index is 5.87. The third kappa shape index (κ3) is 4.00. The van der Waals surface area contributed by atoms with Crippen LogP contribution in [0, 0.1) is 11.8 Å². The van der Waals surface area contributed by atoms with Crippen molar-refractivity contribution in [2.24, 2.45) is 11.8 Å². The highest BCUT2D eigenvalue weighted by molar-refractivity contribution is 5.30. The smallest absolute Gasteiger partial charge is 0.119 e. The molecule has 2 aliphatic rings. The van der Waals surface area contributed by atoms with Gasteiger partial charge in [0.05, 0.1) is 6.10 Å². The molecule has 1 aromatic rings. The summed E-state index contributed by atoms with van der Waals surface area (Å²) in [5.74, 6) is 3.41. The molecule has 2 nitrogen and oxygen atoms in total. The Balaban J connectivity index is 1.68. The molecule has 3 unspecified atom stereocenters. The van der Waals surface area contributed by atoms with Gasteiger partial charge < -0.3 is 10.1 Å². The lowest BCUT2D eigenvalue weighted by Crippen LogP contribution is -2.31. The Bertz CT molecular complexity index is 435. The van der Waals surface area contributed by atoms with Gasteiger partial charge >= 0.3 is 0 Å². The third-order valence-corrected chi connectivity index (χ3v) is 5.05. The Morgan fingerprint density at radius 2 is 1.86 bits per heavy atom. The standard InChI is InChI=1S/C19H29NO/c1-3-20-13-16-5-4-14(2)12-19(16)15-6-8-17(9-7-15)21-18-10-11-18/h6-9,14,16,18-20H,3-5,10-13H2,1-2H3. The molecule has 0 aromatic heterocycles. The normalized spacial score (nSPS) is 29.3. The molecule has 2 saturated carbocycles. The van der Waals surface area contributed by atoms with Crippen molar-refractivity contribution < 1.29 is 4.74 Å². The van der Waals surface area contributed by atoms with Crippen molar-refractivity contribution in [2.75, 3.05) is 13.1 Å². The summed E-state index contributed by atoms with van der Waals surface area (Å²) < 4.78 is 5.87. The maximum Gasteiger partial charge on any atom is 0.119 e. The second-order valence-electron chi connectivity index (χ2n) is 6.98. The lowest BCUT2D eigenvalue weighted by Gasteiger charge is -2.35. The van der Waals surface area contributed by atoms with E-state index in [4.69, 9.17) is 4.74 Å². The van der Waals surface area contributed by atoms with Crippen molar-refractivity contribution in [3.63, 3.8) is 0 Å². The van der Waals surface area contributed by atoms with E-state index in [0.717, 1.165) is 30.7 Å². The molecule has 0 bridgehead atoms. The van der Waals surface area contributed by atoms with E-state index in [1.54, 1.807) is 0 Å². The van der Waals surface area contributed by atoms with Gasteiger partial charge in [-0.2, -0.15) is 0 Å². The Hall–Kier alpha value is -1.02. The average molecular weight is 287 g/mol. The van der Waals surface area contributed by atoms with Crippen molar-refractivity contribution in [1.29, 1.82) is 0 Å². The van der Waals surface area contributed by atoms with Gasteiger partial charge in [0.15, 0.2) is 0 Å². The molecule has 116 valence electrons. The van der Waals surface area contributed by atoms with E-state index >= 15 is 0 Å². The molecule has 0 amide bonds. The lowest BCUT2D eigenvalue weighted by atomic mass is 9.71. The predicted molar refractivity (Wildman–Crippen MR) is 87.9 cm³/mol. The molecule has 2 fully saturated rings. The quantitative estimate of drug-likeness (QED) is 0.839. The van der Waals surface area contributed by atoms with Gasteiger partial charge in [-0.25, -0.2) is 0 Å². The van der Waals surface area contributed by atoms with E-state index < -0.39 is 0 Å². The van der Waals surface area contributed by atoms with Crippen LogP contribution in [0.5, 0.6) is 5.75 Å². The monoisotopic (exact) mass is 287 g/mol. The van der Waals surface area contributed by atoms with E-state index in [1.165, 1.54) is 37.7 Å². The molecule has 3 atom stereocenters. The van der Waals surface area contributed by atoms with Crippen LogP contribution in [0.25, 0.3) is 0 Å². The van der Waals surface area contributed by atoms with Crippen LogP contribution in [0.2, 0.25) is 0 Å². The number of hydrogen-bond donors (Lipinski definition) is 1. The van der Waals surface area contributed by atoms with Crippen LogP contribution in [0.3, 0.4) is 0 Å². The van der Waals surface area contributed by atoms with Gasteiger partial charge in [0.1, 0.15) is 5.75 Å². The maximum atomic E-state index is 5.87. The van der Waals surface area contributed by atoms with Crippen LogP contribution in [-0.2, 0) is 0 Å². The van der Waals surface area contributed by atoms with Crippen LogP contribution in [0.15, 0.2) is 24.3 Å². The second kappa shape index (κ2) is 6.83. The van der Waals surface area contributed by atoms with Crippen molar-refractivity contribution >= 4 is 0 Å². The van der Waals surface area contributed by atoms with Crippen molar-refractivity contribution in [1.82, 2.24) is 5.32 Å². The Labute approximate surface area is 129 Å². The van der Waals surface area contributed by atoms with Gasteiger partial charge in [0, 0.05) is 0 Å². The molecular formula is C19H29NO. The molecule has 2 aliphatic carbocycles. The number of benzene rings is 1. The summed E-state index contributed by atoms with van der Waals surface area (Å²) in [6.07, 6.45) is 7.03. The minimum absolute atomic E-state index is 0.493. The zero-order valence-corrected chi connectivity index (χ0v) is 13.5. The molecular weight excluding hydrogens is 258 g/mol. The molecule has 0 saturated heterocycles. The van der Waals surface area contributed by atoms with E-state index in [9.17, 15) is 0 Å². The molecule has 0 spiro atoms. The van der Waals surface area contributed by atoms with E-state index in [0.29, 0.717) is 12.0 Å². The van der Waals surface area contributed by atoms with E-state index in [2.05, 4.69) is 43.4 Å². The molecule has 3 rings (SSSR count). The number of rotatable bonds is 6. The van der Waals surface area contributed by atoms with Crippen LogP contribution < -0.4 is 10.1 Å². The summed E-state index contributed by atoms with van der Waals surface area (Å²) in [6.45, 7) is 6.84. The van der Waals surface area contributed by atoms with Crippen molar-refractivity contribution in [2.45, 2.75) is 58.0 Å². The lowest BCUT2D eigenvalue weighted by molar-refractivity contribution is 0.242. The second-order valence-corrected chi connectivity index (χ2v) is 6.98. The minimum Gasteiger partial charge on any atom is -0.490 e. The SMILES string of the molecule is CCNCC1CCC(C)CC1c1ccc(OC2CC2)cc1. The van der Waals surface area contributed by atoms with Crippen LogP contribution in [0.4, 0.5) is 0 Å². The summed E-state index contributed by atoms with van der Waals surface area (Å²) in [5.41, 5.74) is 1.51. The van der Waals surface area contributed by atoms with E-state index in [-0.39, 0.29) is 0 Å². The van der Waals surface area contributed by atoms with Gasteiger partial charge in [-0.05, 0) is 74.2 Å². The number of ether oxygens (including phenoxy) is 1. The summed E-state index contributed by atoms with van der Waals surface area (Å²) in [4.78, 5) is 0. The molecule has 0 heterocycles. The first-order valence-electron chi connectivity index (χ1n) is 8.73. The highest BCUT2D eigenvalue weighted by atomic mass is 16.5. The van der Waals surface area contributed by atoms with Crippen LogP contribution in [-0.4, -0.2) is 19.2 Å². The largest absolute Gasteiger partial charge is 0.490 e. The predicted octanol–water partition coefficient (Wildman–Crippen LogP) is 4.36. The minimum atomic E-state index is 0.493. The fraction of sp³-hybridized carbons (Fsp3) is 0.684. The highest BCUT2D eigenvalue weighted by Crippen LogP contribution is 2.40. The van der Waals surface area contributed by atoms with Crippen molar-refractivity contribution in [3.05, 3.63) is 29.8 Å². The van der Waals surface area contributed by atoms with Crippen LogP contribution >= 0.6 is 0 Å². The van der Waals surface area contributed by atoms with E-state index in [1.807, 2.05) is 0 Å². The molecule has 21 heavy (non-hydrogen) atoms. The average Bonchev–Trinajstić information content (AvgIpc) is 3.31. The Morgan fingerprint density at radius 3 is 2.52 bits per heavy atom. The summed E-state index contributed by atoms with van der Waals surface area (Å²) in [7, 11) is 0. The Kier molecular flexibility index (Phi) is 4.84. The molecule has 0 radical (unpaired) electrons. The van der Waals surface area contributed by atoms with Gasteiger partial charge in [-0.15, -0.1) is 0 Å². The summed E-state index contributed by atoms with van der Waals surface area (Å²) >= 11 is 0. The number of hydrogen-bond acceptors (Lipinski definition) is 2. The topological polar surface area (TPSA) is 21.3 Å². The zero-order chi connectivity index (χ0) is 14.7. The third-order valence-electron chi connectivity index (χ3n) is 5.05. The summed E-state index contributed by atoms with van der Waals surface area (Å²) in [5, 5.41) is 3.55.